The van der Waals surface area contributed by atoms with Crippen LogP contribution in [-0.4, -0.2) is 27.7 Å². The number of hydrogen-bond donors (Lipinski definition) is 1. The van der Waals surface area contributed by atoms with Crippen molar-refractivity contribution in [3.63, 3.8) is 0 Å². The van der Waals surface area contributed by atoms with Crippen LogP contribution < -0.4 is 0 Å². The number of ketones is 1. The van der Waals surface area contributed by atoms with Crippen LogP contribution in [-0.2, 0) is 11.3 Å². The number of allylic oxidation sites excluding steroid dienone is 4. The van der Waals surface area contributed by atoms with Crippen LogP contribution in [0.2, 0.25) is 0 Å². The number of fused-ring (bicyclic) bond motifs is 3. The standard InChI is InChI=1S/C25H15F2NO5/c26-17-6-5-13(12-29)9-14(17)11-28-19-10-18(27)15-7-8-33-24(15)22(19)21(23(28)25(31)32)16-3-1-2-4-20(16)30/h1-3,5-10,12H,4,11H2,(H,31,32). The summed E-state index contributed by atoms with van der Waals surface area (Å²) in [7, 11) is 0. The van der Waals surface area contributed by atoms with Crippen molar-refractivity contribution < 1.29 is 32.7 Å². The highest BCUT2D eigenvalue weighted by Gasteiger charge is 2.31. The van der Waals surface area contributed by atoms with E-state index >= 15 is 0 Å². The van der Waals surface area contributed by atoms with Gasteiger partial charge in [0, 0.05) is 28.7 Å². The number of hydrogen-bond acceptors (Lipinski definition) is 4. The molecule has 4 aromatic rings. The van der Waals surface area contributed by atoms with E-state index in [1.807, 2.05) is 0 Å². The van der Waals surface area contributed by atoms with E-state index in [2.05, 4.69) is 0 Å². The van der Waals surface area contributed by atoms with Gasteiger partial charge >= 0.3 is 5.97 Å². The minimum atomic E-state index is -1.38. The zero-order valence-electron chi connectivity index (χ0n) is 17.0. The number of carboxylic acids is 1. The maximum Gasteiger partial charge on any atom is 0.353 e. The zero-order valence-corrected chi connectivity index (χ0v) is 17.0. The number of carboxylic acid groups (broad SMARTS) is 1. The van der Waals surface area contributed by atoms with E-state index in [0.717, 1.165) is 12.1 Å². The molecule has 0 unspecified atom stereocenters. The Bertz CT molecular complexity index is 1550. The van der Waals surface area contributed by atoms with Crippen LogP contribution in [0.4, 0.5) is 8.78 Å². The highest BCUT2D eigenvalue weighted by molar-refractivity contribution is 6.29. The van der Waals surface area contributed by atoms with Gasteiger partial charge in [0.25, 0.3) is 0 Å². The molecule has 0 radical (unpaired) electrons. The topological polar surface area (TPSA) is 89.5 Å². The van der Waals surface area contributed by atoms with E-state index in [1.165, 1.54) is 35.1 Å². The van der Waals surface area contributed by atoms with E-state index < -0.39 is 17.6 Å². The number of aromatic nitrogens is 1. The van der Waals surface area contributed by atoms with E-state index in [1.54, 1.807) is 12.2 Å². The van der Waals surface area contributed by atoms with Gasteiger partial charge < -0.3 is 14.1 Å². The fraction of sp³-hybridized carbons (Fsp3) is 0.0800. The normalized spacial score (nSPS) is 13.6. The molecule has 6 nitrogen and oxygen atoms in total. The lowest BCUT2D eigenvalue weighted by atomic mass is 9.93. The molecule has 5 rings (SSSR count). The molecule has 0 saturated carbocycles. The van der Waals surface area contributed by atoms with Crippen molar-refractivity contribution >= 4 is 45.5 Å². The lowest BCUT2D eigenvalue weighted by Crippen LogP contribution is -2.14. The molecule has 0 fully saturated rings. The summed E-state index contributed by atoms with van der Waals surface area (Å²) in [6.07, 6.45) is 6.69. The third-order valence-corrected chi connectivity index (χ3v) is 5.73. The maximum absolute atomic E-state index is 14.9. The molecule has 0 atom stereocenters. The summed E-state index contributed by atoms with van der Waals surface area (Å²) in [4.78, 5) is 36.4. The van der Waals surface area contributed by atoms with Gasteiger partial charge in [-0.15, -0.1) is 0 Å². The van der Waals surface area contributed by atoms with E-state index in [9.17, 15) is 28.3 Å². The Morgan fingerprint density at radius 3 is 2.73 bits per heavy atom. The number of benzene rings is 2. The Kier molecular flexibility index (Phi) is 4.78. The average molecular weight is 447 g/mol. The monoisotopic (exact) mass is 447 g/mol. The maximum atomic E-state index is 14.9. The van der Waals surface area contributed by atoms with Crippen molar-refractivity contribution in [3.8, 4) is 0 Å². The number of Topliss-reactive ketones (excluding diaryl/α,β-unsaturated/α-hetero) is 1. The van der Waals surface area contributed by atoms with Crippen molar-refractivity contribution in [2.75, 3.05) is 0 Å². The lowest BCUT2D eigenvalue weighted by Gasteiger charge is -2.12. The predicted octanol–water partition coefficient (Wildman–Crippen LogP) is 5.14. The molecule has 0 amide bonds. The number of carbonyl (C=O) groups excluding carboxylic acids is 2. The van der Waals surface area contributed by atoms with Gasteiger partial charge in [-0.3, -0.25) is 9.59 Å². The Morgan fingerprint density at radius 2 is 2.00 bits per heavy atom. The van der Waals surface area contributed by atoms with Crippen LogP contribution in [0.3, 0.4) is 0 Å². The summed E-state index contributed by atoms with van der Waals surface area (Å²) in [6, 6.07) is 6.27. The van der Waals surface area contributed by atoms with Crippen LogP contribution in [0.15, 0.2) is 59.2 Å². The van der Waals surface area contributed by atoms with Crippen LogP contribution in [0.1, 0.15) is 38.4 Å². The molecular weight excluding hydrogens is 432 g/mol. The molecule has 1 aliphatic carbocycles. The Hall–Kier alpha value is -4.33. The SMILES string of the molecule is O=Cc1ccc(F)c(Cn2c(C(=O)O)c(C3=CC=CCC3=O)c3c4occc4c(F)cc32)c1. The number of aldehydes is 1. The molecule has 0 saturated heterocycles. The van der Waals surface area contributed by atoms with Gasteiger partial charge in [0.1, 0.15) is 29.2 Å². The number of halogens is 2. The smallest absolute Gasteiger partial charge is 0.353 e. The minimum absolute atomic E-state index is 0.0364. The van der Waals surface area contributed by atoms with Crippen LogP contribution in [0.5, 0.6) is 0 Å². The quantitative estimate of drug-likeness (QED) is 0.428. The number of furan rings is 1. The summed E-state index contributed by atoms with van der Waals surface area (Å²) >= 11 is 0. The van der Waals surface area contributed by atoms with Crippen molar-refractivity contribution in [2.45, 2.75) is 13.0 Å². The van der Waals surface area contributed by atoms with Gasteiger partial charge in [-0.05, 0) is 30.3 Å². The van der Waals surface area contributed by atoms with Gasteiger partial charge in [-0.1, -0.05) is 18.2 Å². The van der Waals surface area contributed by atoms with E-state index in [4.69, 9.17) is 4.42 Å². The summed E-state index contributed by atoms with van der Waals surface area (Å²) in [5, 5.41) is 10.5. The van der Waals surface area contributed by atoms with Gasteiger partial charge in [-0.25, -0.2) is 13.6 Å². The molecular formula is C25H15F2NO5. The first-order chi connectivity index (χ1) is 15.9. The third-order valence-electron chi connectivity index (χ3n) is 5.73. The van der Waals surface area contributed by atoms with Crippen molar-refractivity contribution in [1.29, 1.82) is 0 Å². The highest BCUT2D eigenvalue weighted by Crippen LogP contribution is 2.40. The first kappa shape index (κ1) is 20.6. The van der Waals surface area contributed by atoms with Crippen molar-refractivity contribution in [3.05, 3.63) is 88.8 Å². The first-order valence-electron chi connectivity index (χ1n) is 10.00. The molecule has 2 heterocycles. The number of carbonyl (C=O) groups is 3. The molecule has 0 bridgehead atoms. The fourth-order valence-electron chi connectivity index (χ4n) is 4.28. The van der Waals surface area contributed by atoms with Gasteiger partial charge in [0.05, 0.1) is 29.1 Å². The second kappa shape index (κ2) is 7.67. The minimum Gasteiger partial charge on any atom is -0.477 e. The molecule has 2 aromatic heterocycles. The number of aromatic carboxylic acids is 1. The molecule has 2 aromatic carbocycles. The molecule has 164 valence electrons. The third kappa shape index (κ3) is 3.18. The Labute approximate surface area is 185 Å². The van der Waals surface area contributed by atoms with Crippen molar-refractivity contribution in [2.24, 2.45) is 0 Å². The van der Waals surface area contributed by atoms with Crippen molar-refractivity contribution in [1.82, 2.24) is 4.57 Å². The lowest BCUT2D eigenvalue weighted by molar-refractivity contribution is -0.113. The summed E-state index contributed by atoms with van der Waals surface area (Å²) in [6.45, 7) is -0.311. The first-order valence-corrected chi connectivity index (χ1v) is 10.00. The predicted molar refractivity (Wildman–Crippen MR) is 116 cm³/mol. The molecule has 8 heteroatoms. The van der Waals surface area contributed by atoms with Crippen LogP contribution >= 0.6 is 0 Å². The van der Waals surface area contributed by atoms with Gasteiger partial charge in [-0.2, -0.15) is 0 Å². The summed E-state index contributed by atoms with van der Waals surface area (Å²) in [5.74, 6) is -3.00. The van der Waals surface area contributed by atoms with Crippen LogP contribution in [0, 0.1) is 11.6 Å². The second-order valence-electron chi connectivity index (χ2n) is 7.64. The average Bonchev–Trinajstić information content (AvgIpc) is 3.39. The molecule has 0 aliphatic heterocycles. The van der Waals surface area contributed by atoms with Crippen LogP contribution in [0.25, 0.3) is 27.4 Å². The second-order valence-corrected chi connectivity index (χ2v) is 7.64. The van der Waals surface area contributed by atoms with Gasteiger partial charge in [0.2, 0.25) is 0 Å². The van der Waals surface area contributed by atoms with Gasteiger partial charge in [0.15, 0.2) is 5.78 Å². The summed E-state index contributed by atoms with van der Waals surface area (Å²) < 4.78 is 36.2. The number of nitrogens with zero attached hydrogens (tertiary/aromatic N) is 1. The largest absolute Gasteiger partial charge is 0.477 e. The Morgan fingerprint density at radius 1 is 1.18 bits per heavy atom. The van der Waals surface area contributed by atoms with E-state index in [0.29, 0.717) is 6.29 Å². The Balaban J connectivity index is 1.91. The zero-order chi connectivity index (χ0) is 23.3. The number of rotatable bonds is 5. The fourth-order valence-corrected chi connectivity index (χ4v) is 4.28. The summed E-state index contributed by atoms with van der Waals surface area (Å²) in [5.41, 5.74) is 0.375. The molecule has 33 heavy (non-hydrogen) atoms. The molecule has 0 spiro atoms. The molecule has 1 aliphatic rings. The molecule has 1 N–H and O–H groups in total. The van der Waals surface area contributed by atoms with E-state index in [-0.39, 0.29) is 68.6 Å². The highest BCUT2D eigenvalue weighted by atomic mass is 19.1.